The first kappa shape index (κ1) is 23.2. The van der Waals surface area contributed by atoms with Crippen LogP contribution in [-0.4, -0.2) is 6.79 Å². The zero-order valence-corrected chi connectivity index (χ0v) is 23.6. The molecule has 0 bridgehead atoms. The Labute approximate surface area is 226 Å². The van der Waals surface area contributed by atoms with Crippen molar-refractivity contribution < 1.29 is 9.47 Å². The van der Waals surface area contributed by atoms with Gasteiger partial charge in [0.05, 0.1) is 18.0 Å². The van der Waals surface area contributed by atoms with Crippen LogP contribution in [0.15, 0.2) is 112 Å². The lowest BCUT2D eigenvalue weighted by atomic mass is 10.3. The molecule has 0 heterocycles. The van der Waals surface area contributed by atoms with Gasteiger partial charge in [0.25, 0.3) is 0 Å². The van der Waals surface area contributed by atoms with Crippen LogP contribution in [0.3, 0.4) is 0 Å². The van der Waals surface area contributed by atoms with E-state index in [1.807, 2.05) is 12.1 Å². The van der Waals surface area contributed by atoms with Gasteiger partial charge < -0.3 is 9.47 Å². The lowest BCUT2D eigenvalue weighted by molar-refractivity contribution is 0.118. The van der Waals surface area contributed by atoms with Crippen LogP contribution in [0.4, 0.5) is 0 Å². The maximum Gasteiger partial charge on any atom is 0.230 e. The summed E-state index contributed by atoms with van der Waals surface area (Å²) in [6, 6.07) is 33.8. The van der Waals surface area contributed by atoms with Gasteiger partial charge in [0.1, 0.15) is 11.5 Å². The van der Waals surface area contributed by atoms with Gasteiger partial charge in [-0.25, -0.2) is 0 Å². The molecule has 0 aliphatic heterocycles. The van der Waals surface area contributed by atoms with Gasteiger partial charge >= 0.3 is 0 Å². The Morgan fingerprint density at radius 3 is 1.58 bits per heavy atom. The highest BCUT2D eigenvalue weighted by Gasteiger charge is 2.28. The van der Waals surface area contributed by atoms with E-state index in [-0.39, 0.29) is 17.7 Å². The minimum Gasteiger partial charge on any atom is -0.457 e. The molecule has 0 saturated heterocycles. The van der Waals surface area contributed by atoms with Crippen molar-refractivity contribution in [3.8, 4) is 11.5 Å². The van der Waals surface area contributed by atoms with E-state index >= 15 is 0 Å². The van der Waals surface area contributed by atoms with Gasteiger partial charge in [-0.1, -0.05) is 36.4 Å². The number of benzene rings is 4. The molecule has 0 aliphatic rings. The molecule has 0 aromatic heterocycles. The molecular weight excluding hydrogens is 745 g/mol. The van der Waals surface area contributed by atoms with Gasteiger partial charge in [-0.3, -0.25) is 0 Å². The van der Waals surface area contributed by atoms with Crippen molar-refractivity contribution in [3.63, 3.8) is 0 Å². The molecule has 0 unspecified atom stereocenters. The highest BCUT2D eigenvalue weighted by Crippen LogP contribution is 2.32. The molecule has 4 aromatic carbocycles. The Hall–Kier alpha value is -0.980. The molecule has 6 heteroatoms. The molecule has 0 amide bonds. The van der Waals surface area contributed by atoms with Crippen LogP contribution < -0.4 is 9.47 Å². The molecule has 0 aliphatic carbocycles. The predicted molar refractivity (Wildman–Crippen MR) is 152 cm³/mol. The van der Waals surface area contributed by atoms with Crippen LogP contribution in [0.5, 0.6) is 11.5 Å². The van der Waals surface area contributed by atoms with Crippen molar-refractivity contribution in [2.24, 2.45) is 0 Å². The van der Waals surface area contributed by atoms with Crippen molar-refractivity contribution in [1.29, 1.82) is 0 Å². The quantitative estimate of drug-likeness (QED) is 0.108. The molecule has 31 heavy (non-hydrogen) atoms. The summed E-state index contributed by atoms with van der Waals surface area (Å²) in [6.07, 6.45) is 0. The van der Waals surface area contributed by atoms with E-state index in [0.717, 1.165) is 18.6 Å². The number of hydrogen-bond acceptors (Lipinski definition) is 2. The standard InChI is InChI=1S/C25H18I3O2S/c26-18-15-23(27)25(24(28)16-18)30-17-29-19-11-13-22(14-12-19)31(20-7-3-1-4-8-20)21-9-5-2-6-10-21/h1-16H,17H2/q+1. The molecule has 0 N–H and O–H groups in total. The van der Waals surface area contributed by atoms with E-state index < -0.39 is 0 Å². The largest absolute Gasteiger partial charge is 0.457 e. The molecule has 2 nitrogen and oxygen atoms in total. The normalized spacial score (nSPS) is 10.8. The first-order chi connectivity index (χ1) is 15.1. The summed E-state index contributed by atoms with van der Waals surface area (Å²) in [4.78, 5) is 3.86. The van der Waals surface area contributed by atoms with Crippen molar-refractivity contribution in [2.45, 2.75) is 14.7 Å². The Balaban J connectivity index is 1.49. The van der Waals surface area contributed by atoms with Crippen molar-refractivity contribution in [1.82, 2.24) is 0 Å². The average molecular weight is 763 g/mol. The Morgan fingerprint density at radius 2 is 1.06 bits per heavy atom. The SMILES string of the molecule is Ic1cc(I)c(OCOc2ccc([S+](c3ccccc3)c3ccccc3)cc2)c(I)c1. The van der Waals surface area contributed by atoms with Gasteiger partial charge in [0, 0.05) is 3.57 Å². The molecule has 0 saturated carbocycles. The van der Waals surface area contributed by atoms with Crippen LogP contribution in [-0.2, 0) is 10.9 Å². The second-order valence-corrected chi connectivity index (χ2v) is 12.1. The number of halogens is 3. The summed E-state index contributed by atoms with van der Waals surface area (Å²) in [5, 5.41) is 0. The van der Waals surface area contributed by atoms with E-state index in [1.54, 1.807) is 0 Å². The Morgan fingerprint density at radius 1 is 0.581 bits per heavy atom. The van der Waals surface area contributed by atoms with Crippen molar-refractivity contribution >= 4 is 78.7 Å². The van der Waals surface area contributed by atoms with Gasteiger partial charge in [0.15, 0.2) is 14.7 Å². The lowest BCUT2D eigenvalue weighted by Crippen LogP contribution is -2.08. The first-order valence-corrected chi connectivity index (χ1v) is 13.9. The van der Waals surface area contributed by atoms with Gasteiger partial charge in [0.2, 0.25) is 6.79 Å². The lowest BCUT2D eigenvalue weighted by Gasteiger charge is -2.12. The molecule has 0 spiro atoms. The molecule has 0 fully saturated rings. The van der Waals surface area contributed by atoms with Gasteiger partial charge in [-0.05, 0) is 128 Å². The average Bonchev–Trinajstić information content (AvgIpc) is 2.78. The van der Waals surface area contributed by atoms with Crippen LogP contribution in [0.1, 0.15) is 0 Å². The summed E-state index contributed by atoms with van der Waals surface area (Å²) in [5.41, 5.74) is 0. The monoisotopic (exact) mass is 763 g/mol. The summed E-state index contributed by atoms with van der Waals surface area (Å²) in [6.45, 7) is 0.176. The third-order valence-corrected chi connectivity index (χ3v) is 8.87. The maximum atomic E-state index is 5.90. The third kappa shape index (κ3) is 6.08. The zero-order valence-electron chi connectivity index (χ0n) is 16.3. The highest BCUT2D eigenvalue weighted by atomic mass is 127. The maximum absolute atomic E-state index is 5.90. The molecule has 4 rings (SSSR count). The van der Waals surface area contributed by atoms with E-state index in [2.05, 4.69) is 153 Å². The van der Waals surface area contributed by atoms with Gasteiger partial charge in [-0.2, -0.15) is 0 Å². The fourth-order valence-electron chi connectivity index (χ4n) is 3.02. The number of ether oxygens (including phenoxy) is 2. The van der Waals surface area contributed by atoms with Crippen molar-refractivity contribution in [2.75, 3.05) is 6.79 Å². The highest BCUT2D eigenvalue weighted by molar-refractivity contribution is 14.1. The Kier molecular flexibility index (Phi) is 8.41. The smallest absolute Gasteiger partial charge is 0.230 e. The summed E-state index contributed by atoms with van der Waals surface area (Å²) < 4.78 is 15.1. The fraction of sp³-hybridized carbons (Fsp3) is 0.0400. The minimum absolute atomic E-state index is 0.156. The third-order valence-electron chi connectivity index (χ3n) is 4.41. The molecule has 0 radical (unpaired) electrons. The second-order valence-electron chi connectivity index (χ2n) is 6.51. The zero-order chi connectivity index (χ0) is 21.6. The van der Waals surface area contributed by atoms with E-state index in [4.69, 9.17) is 9.47 Å². The second kappa shape index (κ2) is 11.2. The molecule has 0 atom stereocenters. The summed E-state index contributed by atoms with van der Waals surface area (Å²) in [5.74, 6) is 1.66. The van der Waals surface area contributed by atoms with Crippen molar-refractivity contribution in [3.05, 3.63) is 108 Å². The first-order valence-electron chi connectivity index (χ1n) is 9.46. The molecule has 4 aromatic rings. The van der Waals surface area contributed by atoms with Crippen LogP contribution in [0, 0.1) is 10.7 Å². The molecule has 156 valence electrons. The van der Waals surface area contributed by atoms with Crippen LogP contribution in [0.2, 0.25) is 0 Å². The Bertz CT molecular complexity index is 1070. The predicted octanol–water partition coefficient (Wildman–Crippen LogP) is 8.01. The van der Waals surface area contributed by atoms with E-state index in [0.29, 0.717) is 0 Å². The van der Waals surface area contributed by atoms with E-state index in [9.17, 15) is 0 Å². The topological polar surface area (TPSA) is 18.5 Å². The minimum atomic E-state index is -0.156. The van der Waals surface area contributed by atoms with E-state index in [1.165, 1.54) is 18.3 Å². The summed E-state index contributed by atoms with van der Waals surface area (Å²) >= 11 is 6.91. The van der Waals surface area contributed by atoms with Gasteiger partial charge in [-0.15, -0.1) is 0 Å². The van der Waals surface area contributed by atoms with Crippen LogP contribution >= 0.6 is 67.8 Å². The number of hydrogen-bond donors (Lipinski definition) is 0. The van der Waals surface area contributed by atoms with Crippen LogP contribution in [0.25, 0.3) is 0 Å². The number of rotatable bonds is 7. The summed E-state index contributed by atoms with van der Waals surface area (Å²) in [7, 11) is -0.156. The fourth-order valence-corrected chi connectivity index (χ4v) is 8.99. The molecular formula is C25H18I3O2S+.